The van der Waals surface area contributed by atoms with Crippen LogP contribution >= 0.6 is 0 Å². The van der Waals surface area contributed by atoms with Crippen LogP contribution in [0.25, 0.3) is 17.2 Å². The first-order valence-electron chi connectivity index (χ1n) is 10.1. The Balaban J connectivity index is 1.33. The number of rotatable bonds is 7. The van der Waals surface area contributed by atoms with Gasteiger partial charge in [0.2, 0.25) is 11.7 Å². The molecule has 14 heteroatoms. The van der Waals surface area contributed by atoms with E-state index in [0.717, 1.165) is 18.2 Å². The molecule has 0 radical (unpaired) electrons. The van der Waals surface area contributed by atoms with Crippen LogP contribution in [0, 0.1) is 12.7 Å². The molecule has 0 aliphatic rings. The van der Waals surface area contributed by atoms with Crippen molar-refractivity contribution in [1.82, 2.24) is 40.4 Å². The van der Waals surface area contributed by atoms with E-state index in [1.54, 1.807) is 48.3 Å². The molecule has 12 nitrogen and oxygen atoms in total. The molecule has 0 amide bonds. The molecule has 0 atom stereocenters. The van der Waals surface area contributed by atoms with Gasteiger partial charge in [-0.3, -0.25) is 4.72 Å². The number of aromatic nitrogens is 8. The second-order valence-electron chi connectivity index (χ2n) is 7.17. The molecule has 35 heavy (non-hydrogen) atoms. The predicted octanol–water partition coefficient (Wildman–Crippen LogP) is 2.88. The van der Waals surface area contributed by atoms with Crippen LogP contribution in [-0.4, -0.2) is 48.8 Å². The Morgan fingerprint density at radius 2 is 1.91 bits per heavy atom. The van der Waals surface area contributed by atoms with E-state index in [9.17, 15) is 12.8 Å². The van der Waals surface area contributed by atoms with E-state index in [1.807, 2.05) is 0 Å². The number of anilines is 1. The van der Waals surface area contributed by atoms with Gasteiger partial charge in [-0.05, 0) is 60.7 Å². The summed E-state index contributed by atoms with van der Waals surface area (Å²) in [7, 11) is -4.03. The summed E-state index contributed by atoms with van der Waals surface area (Å²) < 4.78 is 49.7. The van der Waals surface area contributed by atoms with Crippen molar-refractivity contribution in [2.24, 2.45) is 0 Å². The molecule has 176 valence electrons. The maximum absolute atomic E-state index is 14.1. The summed E-state index contributed by atoms with van der Waals surface area (Å²) in [5.41, 5.74) is 0.180. The Labute approximate surface area is 197 Å². The summed E-state index contributed by atoms with van der Waals surface area (Å²) in [6.07, 6.45) is 3.38. The maximum Gasteiger partial charge on any atom is 0.261 e. The average molecular weight is 493 g/mol. The zero-order valence-corrected chi connectivity index (χ0v) is 18.8. The molecular weight excluding hydrogens is 477 g/mol. The number of sulfonamides is 1. The smallest absolute Gasteiger partial charge is 0.261 e. The van der Waals surface area contributed by atoms with Gasteiger partial charge in [0.1, 0.15) is 17.4 Å². The van der Waals surface area contributed by atoms with Crippen molar-refractivity contribution in [3.8, 4) is 28.8 Å². The average Bonchev–Trinajstić information content (AvgIpc) is 3.55. The summed E-state index contributed by atoms with van der Waals surface area (Å²) in [5, 5.41) is 17.1. The van der Waals surface area contributed by atoms with Crippen molar-refractivity contribution in [2.75, 3.05) is 4.72 Å². The van der Waals surface area contributed by atoms with Gasteiger partial charge in [-0.1, -0.05) is 0 Å². The number of aromatic amines is 1. The van der Waals surface area contributed by atoms with Gasteiger partial charge in [-0.15, -0.1) is 10.2 Å². The van der Waals surface area contributed by atoms with Gasteiger partial charge in [0.25, 0.3) is 10.0 Å². The van der Waals surface area contributed by atoms with Crippen molar-refractivity contribution in [3.05, 3.63) is 78.6 Å². The van der Waals surface area contributed by atoms with Crippen LogP contribution in [0.4, 0.5) is 10.1 Å². The predicted molar refractivity (Wildman–Crippen MR) is 121 cm³/mol. The Kier molecular flexibility index (Phi) is 5.62. The normalized spacial score (nSPS) is 11.4. The second-order valence-corrected chi connectivity index (χ2v) is 8.85. The number of halogens is 1. The van der Waals surface area contributed by atoms with Gasteiger partial charge in [0, 0.05) is 24.1 Å². The van der Waals surface area contributed by atoms with Gasteiger partial charge in [-0.2, -0.15) is 15.3 Å². The quantitative estimate of drug-likeness (QED) is 0.348. The Bertz CT molecular complexity index is 1570. The number of nitrogens with zero attached hydrogens (tertiary/aromatic N) is 7. The second kappa shape index (κ2) is 8.90. The van der Waals surface area contributed by atoms with E-state index in [1.165, 1.54) is 12.1 Å². The highest BCUT2D eigenvalue weighted by molar-refractivity contribution is 7.92. The molecule has 5 aromatic rings. The van der Waals surface area contributed by atoms with Crippen LogP contribution in [0.1, 0.15) is 5.82 Å². The first kappa shape index (κ1) is 22.1. The van der Waals surface area contributed by atoms with Crippen molar-refractivity contribution >= 4 is 15.7 Å². The molecule has 2 N–H and O–H groups in total. The lowest BCUT2D eigenvalue weighted by atomic mass is 10.2. The summed E-state index contributed by atoms with van der Waals surface area (Å²) in [6.45, 7) is 1.73. The number of H-pyrrole nitrogens is 1. The molecule has 3 aromatic heterocycles. The first-order valence-corrected chi connectivity index (χ1v) is 11.6. The fourth-order valence-corrected chi connectivity index (χ4v) is 4.23. The third-order valence-electron chi connectivity index (χ3n) is 4.70. The van der Waals surface area contributed by atoms with E-state index >= 15 is 0 Å². The largest absolute Gasteiger partial charge is 0.439 e. The number of hydrogen-bond donors (Lipinski definition) is 2. The standard InChI is InChI=1S/C21H16FN9O3S/c1-13-24-19(31-10-2-9-23-31)12-20(25-13)34-15-5-3-14(4-6-15)28-35(32,33)16-7-8-18(22)17(11-16)21-26-29-30-27-21/h2-12,28H,1H3,(H,26,27,29,30). The van der Waals surface area contributed by atoms with Crippen LogP contribution in [0.5, 0.6) is 11.6 Å². The molecule has 0 aliphatic carbocycles. The van der Waals surface area contributed by atoms with Gasteiger partial charge in [0.15, 0.2) is 5.82 Å². The molecule has 0 aliphatic heterocycles. The summed E-state index contributed by atoms with van der Waals surface area (Å²) >= 11 is 0. The molecule has 0 bridgehead atoms. The Hall–Kier alpha value is -4.72. The number of nitrogens with one attached hydrogen (secondary N) is 2. The lowest BCUT2D eigenvalue weighted by Crippen LogP contribution is -2.13. The third-order valence-corrected chi connectivity index (χ3v) is 6.08. The molecular formula is C21H16FN9O3S. The first-order chi connectivity index (χ1) is 16.9. The maximum atomic E-state index is 14.1. The van der Waals surface area contributed by atoms with Crippen LogP contribution in [0.2, 0.25) is 0 Å². The van der Waals surface area contributed by atoms with Crippen LogP contribution in [0.15, 0.2) is 71.9 Å². The Morgan fingerprint density at radius 1 is 1.09 bits per heavy atom. The molecule has 2 aromatic carbocycles. The van der Waals surface area contributed by atoms with E-state index in [0.29, 0.717) is 23.3 Å². The van der Waals surface area contributed by atoms with E-state index < -0.39 is 15.8 Å². The van der Waals surface area contributed by atoms with Gasteiger partial charge in [-0.25, -0.2) is 22.5 Å². The van der Waals surface area contributed by atoms with Crippen molar-refractivity contribution in [3.63, 3.8) is 0 Å². The van der Waals surface area contributed by atoms with Crippen molar-refractivity contribution in [1.29, 1.82) is 0 Å². The van der Waals surface area contributed by atoms with E-state index in [4.69, 9.17) is 4.74 Å². The number of tetrazole rings is 1. The SMILES string of the molecule is Cc1nc(Oc2ccc(NS(=O)(=O)c3ccc(F)c(-c4nn[nH]n4)c3)cc2)cc(-n2cccn2)n1. The highest BCUT2D eigenvalue weighted by Gasteiger charge is 2.19. The number of hydrogen-bond acceptors (Lipinski definition) is 9. The monoisotopic (exact) mass is 493 g/mol. The minimum atomic E-state index is -4.03. The lowest BCUT2D eigenvalue weighted by molar-refractivity contribution is 0.459. The van der Waals surface area contributed by atoms with Crippen molar-refractivity contribution in [2.45, 2.75) is 11.8 Å². The summed E-state index contributed by atoms with van der Waals surface area (Å²) in [6, 6.07) is 12.9. The molecule has 0 saturated heterocycles. The van der Waals surface area contributed by atoms with E-state index in [-0.39, 0.29) is 22.0 Å². The van der Waals surface area contributed by atoms with Gasteiger partial charge < -0.3 is 4.74 Å². The third kappa shape index (κ3) is 4.81. The molecule has 0 unspecified atom stereocenters. The van der Waals surface area contributed by atoms with Crippen LogP contribution in [0.3, 0.4) is 0 Å². The van der Waals surface area contributed by atoms with Crippen LogP contribution in [-0.2, 0) is 10.0 Å². The minimum absolute atomic E-state index is 0.0586. The fraction of sp³-hybridized carbons (Fsp3) is 0.0476. The number of benzene rings is 2. The summed E-state index contributed by atoms with van der Waals surface area (Å²) in [5.74, 6) is 1.03. The fourth-order valence-electron chi connectivity index (χ4n) is 3.14. The van der Waals surface area contributed by atoms with E-state index in [2.05, 4.69) is 40.4 Å². The van der Waals surface area contributed by atoms with Gasteiger partial charge >= 0.3 is 0 Å². The zero-order chi connectivity index (χ0) is 24.4. The topological polar surface area (TPSA) is 153 Å². The van der Waals surface area contributed by atoms with Crippen LogP contribution < -0.4 is 9.46 Å². The lowest BCUT2D eigenvalue weighted by Gasteiger charge is -2.11. The molecule has 0 saturated carbocycles. The van der Waals surface area contributed by atoms with Crippen molar-refractivity contribution < 1.29 is 17.5 Å². The molecule has 5 rings (SSSR count). The highest BCUT2D eigenvalue weighted by Crippen LogP contribution is 2.26. The zero-order valence-electron chi connectivity index (χ0n) is 18.0. The molecule has 0 spiro atoms. The number of aryl methyl sites for hydroxylation is 1. The molecule has 3 heterocycles. The highest BCUT2D eigenvalue weighted by atomic mass is 32.2. The van der Waals surface area contributed by atoms with Gasteiger partial charge in [0.05, 0.1) is 10.5 Å². The minimum Gasteiger partial charge on any atom is -0.439 e. The molecule has 0 fully saturated rings. The Morgan fingerprint density at radius 3 is 2.63 bits per heavy atom. The number of ether oxygens (including phenoxy) is 1. The summed E-state index contributed by atoms with van der Waals surface area (Å²) in [4.78, 5) is 8.42.